The first kappa shape index (κ1) is 17.0. The standard InChI is InChI=1S/C20H29N3O/c1-5-6-7-8-12-24-17-11-9-10-15-16-13-21-18(20(2,3)4)14-23(16)22-19(15)17/h9-11,13,18H,5-8,12,14H2,1-4H3/t18-/m0/s1. The Balaban J connectivity index is 1.80. The molecule has 0 aliphatic carbocycles. The summed E-state index contributed by atoms with van der Waals surface area (Å²) in [6.07, 6.45) is 6.84. The number of aliphatic imine (C=N–C) groups is 1. The SMILES string of the molecule is CCCCCCOc1cccc2c3n(nc12)C[C@@H](C(C)(C)C)N=C3. The van der Waals surface area contributed by atoms with Gasteiger partial charge in [0, 0.05) is 11.6 Å². The van der Waals surface area contributed by atoms with Crippen LogP contribution in [0.1, 0.15) is 59.1 Å². The third-order valence-electron chi connectivity index (χ3n) is 4.75. The fraction of sp³-hybridized carbons (Fsp3) is 0.600. The van der Waals surface area contributed by atoms with E-state index in [0.29, 0.717) is 0 Å². The monoisotopic (exact) mass is 327 g/mol. The van der Waals surface area contributed by atoms with Crippen molar-refractivity contribution < 1.29 is 4.74 Å². The average Bonchev–Trinajstić information content (AvgIpc) is 2.92. The van der Waals surface area contributed by atoms with Crippen molar-refractivity contribution in [3.05, 3.63) is 23.9 Å². The Morgan fingerprint density at radius 2 is 2.04 bits per heavy atom. The highest BCUT2D eigenvalue weighted by Gasteiger charge is 2.28. The molecule has 24 heavy (non-hydrogen) atoms. The molecular formula is C20H29N3O. The summed E-state index contributed by atoms with van der Waals surface area (Å²) in [6.45, 7) is 10.5. The van der Waals surface area contributed by atoms with Gasteiger partial charge in [0.1, 0.15) is 11.3 Å². The quantitative estimate of drug-likeness (QED) is 0.712. The third-order valence-corrected chi connectivity index (χ3v) is 4.75. The molecule has 130 valence electrons. The van der Waals surface area contributed by atoms with Gasteiger partial charge in [-0.2, -0.15) is 5.10 Å². The Kier molecular flexibility index (Phi) is 4.93. The molecule has 1 aliphatic heterocycles. The summed E-state index contributed by atoms with van der Waals surface area (Å²) in [4.78, 5) is 4.76. The number of aromatic nitrogens is 2. The maximum atomic E-state index is 6.02. The minimum atomic E-state index is 0.144. The Labute approximate surface area is 144 Å². The van der Waals surface area contributed by atoms with E-state index in [9.17, 15) is 0 Å². The van der Waals surface area contributed by atoms with Crippen molar-refractivity contribution in [1.82, 2.24) is 9.78 Å². The second kappa shape index (κ2) is 6.96. The van der Waals surface area contributed by atoms with Gasteiger partial charge in [0.2, 0.25) is 0 Å². The molecule has 0 bridgehead atoms. The Morgan fingerprint density at radius 1 is 1.21 bits per heavy atom. The molecule has 0 unspecified atom stereocenters. The molecule has 4 nitrogen and oxygen atoms in total. The van der Waals surface area contributed by atoms with Crippen LogP contribution in [0.15, 0.2) is 23.2 Å². The summed E-state index contributed by atoms with van der Waals surface area (Å²) in [5.74, 6) is 0.895. The number of hydrogen-bond donors (Lipinski definition) is 0. The van der Waals surface area contributed by atoms with Crippen molar-refractivity contribution in [3.63, 3.8) is 0 Å². The van der Waals surface area contributed by atoms with Crippen LogP contribution in [0.5, 0.6) is 5.75 Å². The van der Waals surface area contributed by atoms with Crippen LogP contribution in [0, 0.1) is 5.41 Å². The molecule has 0 amide bonds. The van der Waals surface area contributed by atoms with E-state index in [0.717, 1.165) is 41.9 Å². The van der Waals surface area contributed by atoms with E-state index in [1.165, 1.54) is 19.3 Å². The van der Waals surface area contributed by atoms with E-state index in [1.807, 2.05) is 12.3 Å². The fourth-order valence-electron chi connectivity index (χ4n) is 3.12. The van der Waals surface area contributed by atoms with Crippen LogP contribution >= 0.6 is 0 Å². The minimum Gasteiger partial charge on any atom is -0.491 e. The van der Waals surface area contributed by atoms with Crippen molar-refractivity contribution in [2.75, 3.05) is 6.61 Å². The Hall–Kier alpha value is -1.84. The van der Waals surface area contributed by atoms with Crippen molar-refractivity contribution in [2.24, 2.45) is 10.4 Å². The number of unbranched alkanes of at least 4 members (excludes halogenated alkanes) is 3. The van der Waals surface area contributed by atoms with Gasteiger partial charge in [-0.25, -0.2) is 0 Å². The first-order valence-electron chi connectivity index (χ1n) is 9.16. The van der Waals surface area contributed by atoms with Gasteiger partial charge in [-0.05, 0) is 17.9 Å². The zero-order valence-electron chi connectivity index (χ0n) is 15.4. The second-order valence-corrected chi connectivity index (χ2v) is 7.79. The number of nitrogens with zero attached hydrogens (tertiary/aromatic N) is 3. The van der Waals surface area contributed by atoms with E-state index in [1.54, 1.807) is 0 Å². The molecule has 1 aromatic heterocycles. The third kappa shape index (κ3) is 3.47. The van der Waals surface area contributed by atoms with E-state index in [-0.39, 0.29) is 11.5 Å². The summed E-state index contributed by atoms with van der Waals surface area (Å²) in [6, 6.07) is 6.45. The lowest BCUT2D eigenvalue weighted by molar-refractivity contribution is 0.281. The highest BCUT2D eigenvalue weighted by atomic mass is 16.5. The maximum Gasteiger partial charge on any atom is 0.147 e. The molecular weight excluding hydrogens is 298 g/mol. The lowest BCUT2D eigenvalue weighted by Crippen LogP contribution is -2.33. The summed E-state index contributed by atoms with van der Waals surface area (Å²) in [5.41, 5.74) is 2.20. The van der Waals surface area contributed by atoms with E-state index >= 15 is 0 Å². The van der Waals surface area contributed by atoms with E-state index < -0.39 is 0 Å². The summed E-state index contributed by atoms with van der Waals surface area (Å²) >= 11 is 0. The normalized spacial score (nSPS) is 17.2. The lowest BCUT2D eigenvalue weighted by atomic mass is 9.86. The van der Waals surface area contributed by atoms with Crippen molar-refractivity contribution in [3.8, 4) is 5.75 Å². The minimum absolute atomic E-state index is 0.144. The largest absolute Gasteiger partial charge is 0.491 e. The number of hydrogen-bond acceptors (Lipinski definition) is 3. The molecule has 0 saturated heterocycles. The molecule has 0 N–H and O–H groups in total. The van der Waals surface area contributed by atoms with Crippen LogP contribution in [-0.2, 0) is 6.54 Å². The Morgan fingerprint density at radius 3 is 2.79 bits per heavy atom. The molecule has 2 heterocycles. The molecule has 3 rings (SSSR count). The first-order valence-corrected chi connectivity index (χ1v) is 9.16. The second-order valence-electron chi connectivity index (χ2n) is 7.79. The van der Waals surface area contributed by atoms with Gasteiger partial charge in [-0.3, -0.25) is 9.67 Å². The lowest BCUT2D eigenvalue weighted by Gasteiger charge is -2.29. The topological polar surface area (TPSA) is 39.4 Å². The summed E-state index contributed by atoms with van der Waals surface area (Å²) < 4.78 is 8.11. The molecule has 0 saturated carbocycles. The van der Waals surface area contributed by atoms with Crippen LogP contribution in [0.25, 0.3) is 10.9 Å². The predicted molar refractivity (Wildman–Crippen MR) is 100 cm³/mol. The number of fused-ring (bicyclic) bond motifs is 3. The highest BCUT2D eigenvalue weighted by molar-refractivity contribution is 5.99. The van der Waals surface area contributed by atoms with Gasteiger partial charge in [0.25, 0.3) is 0 Å². The van der Waals surface area contributed by atoms with Crippen LogP contribution < -0.4 is 4.74 Å². The summed E-state index contributed by atoms with van der Waals surface area (Å²) in [7, 11) is 0. The van der Waals surface area contributed by atoms with Crippen molar-refractivity contribution in [2.45, 2.75) is 66.0 Å². The molecule has 0 spiro atoms. The number of benzene rings is 1. The molecule has 1 aromatic carbocycles. The van der Waals surface area contributed by atoms with Crippen LogP contribution in [0.3, 0.4) is 0 Å². The predicted octanol–water partition coefficient (Wildman–Crippen LogP) is 4.84. The highest BCUT2D eigenvalue weighted by Crippen LogP contribution is 2.31. The number of ether oxygens (including phenoxy) is 1. The summed E-state index contributed by atoms with van der Waals surface area (Å²) in [5, 5.41) is 5.97. The van der Waals surface area contributed by atoms with Crippen molar-refractivity contribution in [1.29, 1.82) is 0 Å². The zero-order valence-corrected chi connectivity index (χ0v) is 15.4. The van der Waals surface area contributed by atoms with Gasteiger partial charge < -0.3 is 4.74 Å². The maximum absolute atomic E-state index is 6.02. The van der Waals surface area contributed by atoms with Crippen LogP contribution in [-0.4, -0.2) is 28.6 Å². The molecule has 2 aromatic rings. The molecule has 1 atom stereocenters. The Bertz CT molecular complexity index is 724. The zero-order chi connectivity index (χ0) is 17.2. The molecule has 1 aliphatic rings. The van der Waals surface area contributed by atoms with E-state index in [4.69, 9.17) is 14.8 Å². The van der Waals surface area contributed by atoms with Gasteiger partial charge >= 0.3 is 0 Å². The molecule has 0 fully saturated rings. The molecule has 4 heteroatoms. The van der Waals surface area contributed by atoms with Gasteiger partial charge in [0.05, 0.1) is 24.9 Å². The smallest absolute Gasteiger partial charge is 0.147 e. The average molecular weight is 327 g/mol. The van der Waals surface area contributed by atoms with E-state index in [2.05, 4.69) is 44.5 Å². The van der Waals surface area contributed by atoms with Crippen molar-refractivity contribution >= 4 is 17.1 Å². The number of rotatable bonds is 6. The first-order chi connectivity index (χ1) is 11.5. The fourth-order valence-corrected chi connectivity index (χ4v) is 3.12. The van der Waals surface area contributed by atoms with Gasteiger partial charge in [-0.15, -0.1) is 0 Å². The van der Waals surface area contributed by atoms with Gasteiger partial charge in [0.15, 0.2) is 0 Å². The molecule has 0 radical (unpaired) electrons. The van der Waals surface area contributed by atoms with Gasteiger partial charge in [-0.1, -0.05) is 59.1 Å². The van der Waals surface area contributed by atoms with Crippen LogP contribution in [0.4, 0.5) is 0 Å². The van der Waals surface area contributed by atoms with Crippen LogP contribution in [0.2, 0.25) is 0 Å².